The predicted octanol–water partition coefficient (Wildman–Crippen LogP) is -0.169. The van der Waals surface area contributed by atoms with E-state index in [1.54, 1.807) is 0 Å². The molecule has 0 rings (SSSR count). The minimum absolute atomic E-state index is 0. The summed E-state index contributed by atoms with van der Waals surface area (Å²) in [5, 5.41) is 10.5. The van der Waals surface area contributed by atoms with Gasteiger partial charge in [0.15, 0.2) is 0 Å². The van der Waals surface area contributed by atoms with Crippen molar-refractivity contribution in [3.8, 4) is 0 Å². The van der Waals surface area contributed by atoms with Crippen molar-refractivity contribution in [2.45, 2.75) is 13.8 Å². The van der Waals surface area contributed by atoms with Gasteiger partial charge in [-0.1, -0.05) is 0 Å². The highest BCUT2D eigenvalue weighted by Gasteiger charge is 1.78. The Labute approximate surface area is 50.5 Å². The summed E-state index contributed by atoms with van der Waals surface area (Å²) in [6.45, 7) is 5.14. The van der Waals surface area contributed by atoms with E-state index in [4.69, 9.17) is 0 Å². The van der Waals surface area contributed by atoms with Crippen molar-refractivity contribution < 1.29 is 5.06 Å². The average molecular weight is 126 g/mol. The van der Waals surface area contributed by atoms with Crippen molar-refractivity contribution in [1.29, 1.82) is 0 Å². The van der Waals surface area contributed by atoms with Crippen molar-refractivity contribution in [3.63, 3.8) is 0 Å². The van der Waals surface area contributed by atoms with Gasteiger partial charge in [0, 0.05) is 0 Å². The average Bonchev–Trinajstić information content (AvgIpc) is 1.65. The Morgan fingerprint density at radius 3 is 1.57 bits per heavy atom. The highest BCUT2D eigenvalue weighted by molar-refractivity contribution is 5.85. The first-order valence-corrected chi connectivity index (χ1v) is 2.33. The van der Waals surface area contributed by atoms with E-state index >= 15 is 0 Å². The third-order valence-electron chi connectivity index (χ3n) is 0.789. The van der Waals surface area contributed by atoms with Crippen molar-refractivity contribution in [2.75, 3.05) is 13.1 Å². The van der Waals surface area contributed by atoms with E-state index in [1.807, 2.05) is 13.8 Å². The van der Waals surface area contributed by atoms with E-state index in [2.05, 4.69) is 0 Å². The fourth-order valence-electron chi connectivity index (χ4n) is 0.250. The number of hydroxylamine groups is 2. The summed E-state index contributed by atoms with van der Waals surface area (Å²) in [7, 11) is 0. The van der Waals surface area contributed by atoms with Crippen molar-refractivity contribution >= 4 is 12.4 Å². The number of hydrogen-bond acceptors (Lipinski definition) is 1. The van der Waals surface area contributed by atoms with Crippen LogP contribution < -0.4 is 5.06 Å². The fraction of sp³-hybridized carbons (Fsp3) is 1.00. The molecule has 0 spiro atoms. The van der Waals surface area contributed by atoms with Gasteiger partial charge >= 0.3 is 0 Å². The van der Waals surface area contributed by atoms with Crippen LogP contribution in [0, 0.1) is 5.21 Å². The smallest absolute Gasteiger partial charge is 0.0739 e. The van der Waals surface area contributed by atoms with Gasteiger partial charge in [-0.15, -0.1) is 12.4 Å². The Balaban J connectivity index is 0. The number of rotatable bonds is 2. The van der Waals surface area contributed by atoms with Crippen LogP contribution >= 0.6 is 12.4 Å². The molecule has 0 saturated heterocycles. The quantitative estimate of drug-likeness (QED) is 0.510. The molecule has 0 radical (unpaired) electrons. The SMILES string of the molecule is CC[NH+]([O-])CC.Cl. The largest absolute Gasteiger partial charge is 0.634 e. The second kappa shape index (κ2) is 6.21. The summed E-state index contributed by atoms with van der Waals surface area (Å²) in [6.07, 6.45) is 0. The van der Waals surface area contributed by atoms with Gasteiger partial charge in [-0.05, 0) is 13.8 Å². The summed E-state index contributed by atoms with van der Waals surface area (Å²) in [6, 6.07) is 0. The molecule has 0 amide bonds. The molecule has 0 atom stereocenters. The molecule has 0 aromatic heterocycles. The molecule has 0 unspecified atom stereocenters. The minimum atomic E-state index is 0. The van der Waals surface area contributed by atoms with Crippen LogP contribution in [0.4, 0.5) is 0 Å². The van der Waals surface area contributed by atoms with Gasteiger partial charge in [0.1, 0.15) is 0 Å². The van der Waals surface area contributed by atoms with E-state index in [0.717, 1.165) is 0 Å². The molecule has 0 bridgehead atoms. The number of nitrogens with one attached hydrogen (secondary N) is 1. The standard InChI is InChI=1S/C4H11NO.ClH/c1-3-5(6)4-2;/h5H,3-4H2,1-2H3;1H. The van der Waals surface area contributed by atoms with Crippen LogP contribution in [0.3, 0.4) is 0 Å². The van der Waals surface area contributed by atoms with Gasteiger partial charge < -0.3 is 10.3 Å². The van der Waals surface area contributed by atoms with Gasteiger partial charge in [0.25, 0.3) is 0 Å². The number of hydrogen-bond donors (Lipinski definition) is 1. The maximum atomic E-state index is 10.2. The highest BCUT2D eigenvalue weighted by Crippen LogP contribution is 1.38. The Morgan fingerprint density at radius 2 is 1.57 bits per heavy atom. The summed E-state index contributed by atoms with van der Waals surface area (Å²) in [5.41, 5.74) is 0. The van der Waals surface area contributed by atoms with Gasteiger partial charge in [-0.25, -0.2) is 0 Å². The monoisotopic (exact) mass is 125 g/mol. The summed E-state index contributed by atoms with van der Waals surface area (Å²) in [4.78, 5) is 0. The molecule has 0 saturated carbocycles. The van der Waals surface area contributed by atoms with Crippen LogP contribution in [-0.4, -0.2) is 13.1 Å². The Kier molecular flexibility index (Phi) is 9.09. The van der Waals surface area contributed by atoms with Crippen LogP contribution in [0.15, 0.2) is 0 Å². The van der Waals surface area contributed by atoms with Crippen molar-refractivity contribution in [3.05, 3.63) is 5.21 Å². The predicted molar refractivity (Wildman–Crippen MR) is 32.7 cm³/mol. The zero-order chi connectivity index (χ0) is 4.99. The Morgan fingerprint density at radius 1 is 1.29 bits per heavy atom. The summed E-state index contributed by atoms with van der Waals surface area (Å²) < 4.78 is 0. The van der Waals surface area contributed by atoms with Crippen LogP contribution in [0.5, 0.6) is 0 Å². The molecule has 0 fully saturated rings. The lowest BCUT2D eigenvalue weighted by Crippen LogP contribution is -3.06. The first kappa shape index (κ1) is 10.2. The first-order chi connectivity index (χ1) is 2.81. The first-order valence-electron chi connectivity index (χ1n) is 2.33. The summed E-state index contributed by atoms with van der Waals surface area (Å²) >= 11 is 0. The molecule has 0 aliphatic carbocycles. The zero-order valence-electron chi connectivity index (χ0n) is 4.73. The van der Waals surface area contributed by atoms with Crippen LogP contribution in [0.1, 0.15) is 13.8 Å². The lowest BCUT2D eigenvalue weighted by molar-refractivity contribution is -0.843. The van der Waals surface area contributed by atoms with Crippen LogP contribution in [0.2, 0.25) is 0 Å². The Hall–Kier alpha value is 0.210. The van der Waals surface area contributed by atoms with Gasteiger partial charge in [-0.3, -0.25) is 0 Å². The molecule has 0 aliphatic heterocycles. The molecule has 0 aromatic carbocycles. The van der Waals surface area contributed by atoms with E-state index in [1.165, 1.54) is 0 Å². The third kappa shape index (κ3) is 6.21. The lowest BCUT2D eigenvalue weighted by atomic mass is 10.6. The molecule has 2 nitrogen and oxygen atoms in total. The normalized spacial score (nSPS) is 8.57. The van der Waals surface area contributed by atoms with Gasteiger partial charge in [0.05, 0.1) is 13.1 Å². The molecule has 3 heteroatoms. The molecule has 0 aliphatic rings. The van der Waals surface area contributed by atoms with Crippen molar-refractivity contribution in [2.24, 2.45) is 0 Å². The molecule has 0 heterocycles. The minimum Gasteiger partial charge on any atom is -0.634 e. The molecular formula is C4H12ClNO. The van der Waals surface area contributed by atoms with Crippen molar-refractivity contribution in [1.82, 2.24) is 0 Å². The van der Waals surface area contributed by atoms with Gasteiger partial charge in [-0.2, -0.15) is 0 Å². The van der Waals surface area contributed by atoms with E-state index < -0.39 is 0 Å². The van der Waals surface area contributed by atoms with E-state index in [0.29, 0.717) is 18.2 Å². The van der Waals surface area contributed by atoms with E-state index in [-0.39, 0.29) is 12.4 Å². The topological polar surface area (TPSA) is 27.5 Å². The highest BCUT2D eigenvalue weighted by atomic mass is 35.5. The number of quaternary nitrogens is 1. The molecule has 0 aromatic rings. The lowest BCUT2D eigenvalue weighted by Gasteiger charge is -2.16. The summed E-state index contributed by atoms with van der Waals surface area (Å²) in [5.74, 6) is 0. The number of halogens is 1. The molecule has 1 N–H and O–H groups in total. The Bertz CT molecular complexity index is 30.9. The second-order valence-corrected chi connectivity index (χ2v) is 1.25. The fourth-order valence-corrected chi connectivity index (χ4v) is 0.250. The molecular weight excluding hydrogens is 114 g/mol. The maximum Gasteiger partial charge on any atom is 0.0739 e. The van der Waals surface area contributed by atoms with Gasteiger partial charge in [0.2, 0.25) is 0 Å². The third-order valence-corrected chi connectivity index (χ3v) is 0.789. The van der Waals surface area contributed by atoms with E-state index in [9.17, 15) is 5.21 Å². The van der Waals surface area contributed by atoms with Crippen LogP contribution in [0.25, 0.3) is 0 Å². The second-order valence-electron chi connectivity index (χ2n) is 1.25. The molecule has 7 heavy (non-hydrogen) atoms. The molecule has 46 valence electrons. The maximum absolute atomic E-state index is 10.2. The van der Waals surface area contributed by atoms with Crippen LogP contribution in [-0.2, 0) is 0 Å². The zero-order valence-corrected chi connectivity index (χ0v) is 5.55.